The van der Waals surface area contributed by atoms with Crippen LogP contribution in [0.4, 0.5) is 4.79 Å². The molecule has 1 amide bonds. The fourth-order valence-electron chi connectivity index (χ4n) is 2.27. The normalized spacial score (nSPS) is 19.6. The van der Waals surface area contributed by atoms with Gasteiger partial charge in [-0.15, -0.1) is 0 Å². The maximum Gasteiger partial charge on any atom is 0.407 e. The molecule has 110 valence electrons. The van der Waals surface area contributed by atoms with Gasteiger partial charge in [0.2, 0.25) is 0 Å². The van der Waals surface area contributed by atoms with Gasteiger partial charge >= 0.3 is 6.09 Å². The Bertz CT molecular complexity index is 411. The van der Waals surface area contributed by atoms with Crippen molar-refractivity contribution in [1.82, 2.24) is 10.2 Å². The van der Waals surface area contributed by atoms with E-state index in [1.165, 1.54) is 5.56 Å². The van der Waals surface area contributed by atoms with E-state index in [-0.39, 0.29) is 12.2 Å². The van der Waals surface area contributed by atoms with Crippen LogP contribution in [0.2, 0.25) is 0 Å². The van der Waals surface area contributed by atoms with Crippen LogP contribution < -0.4 is 5.32 Å². The monoisotopic (exact) mass is 278 g/mol. The van der Waals surface area contributed by atoms with Crippen LogP contribution in [-0.4, -0.2) is 49.9 Å². The van der Waals surface area contributed by atoms with Crippen molar-refractivity contribution in [2.24, 2.45) is 0 Å². The second kappa shape index (κ2) is 7.87. The number of rotatable bonds is 5. The molecule has 0 aliphatic carbocycles. The molecule has 2 rings (SSSR count). The van der Waals surface area contributed by atoms with Gasteiger partial charge in [-0.25, -0.2) is 4.79 Å². The Hall–Kier alpha value is -1.59. The molecule has 1 aliphatic rings. The summed E-state index contributed by atoms with van der Waals surface area (Å²) in [5.41, 5.74) is 1.30. The van der Waals surface area contributed by atoms with Gasteiger partial charge in [-0.1, -0.05) is 30.3 Å². The van der Waals surface area contributed by atoms with E-state index in [4.69, 9.17) is 9.47 Å². The summed E-state index contributed by atoms with van der Waals surface area (Å²) in [6, 6.07) is 10.4. The van der Waals surface area contributed by atoms with Crippen LogP contribution in [-0.2, 0) is 16.0 Å². The molecule has 1 aromatic carbocycles. The van der Waals surface area contributed by atoms with Gasteiger partial charge in [0.15, 0.2) is 0 Å². The smallest absolute Gasteiger partial charge is 0.407 e. The van der Waals surface area contributed by atoms with Gasteiger partial charge in [-0.2, -0.15) is 0 Å². The van der Waals surface area contributed by atoms with E-state index in [0.29, 0.717) is 19.8 Å². The van der Waals surface area contributed by atoms with Gasteiger partial charge in [0.05, 0.1) is 19.3 Å². The lowest BCUT2D eigenvalue weighted by atomic mass is 10.2. The lowest BCUT2D eigenvalue weighted by Crippen LogP contribution is -2.47. The van der Waals surface area contributed by atoms with Gasteiger partial charge in [-0.3, -0.25) is 4.90 Å². The van der Waals surface area contributed by atoms with Crippen molar-refractivity contribution >= 4 is 6.09 Å². The molecule has 0 radical (unpaired) electrons. The molecule has 1 aromatic rings. The van der Waals surface area contributed by atoms with Crippen LogP contribution in [0.15, 0.2) is 30.3 Å². The number of hydrogen-bond donors (Lipinski definition) is 1. The maximum absolute atomic E-state index is 11.3. The fraction of sp³-hybridized carbons (Fsp3) is 0.533. The van der Waals surface area contributed by atoms with Crippen LogP contribution in [0.5, 0.6) is 0 Å². The van der Waals surface area contributed by atoms with E-state index >= 15 is 0 Å². The quantitative estimate of drug-likeness (QED) is 0.889. The Morgan fingerprint density at radius 3 is 3.00 bits per heavy atom. The van der Waals surface area contributed by atoms with E-state index in [9.17, 15) is 4.79 Å². The number of carbonyl (C=O) groups is 1. The number of hydrogen-bond acceptors (Lipinski definition) is 4. The van der Waals surface area contributed by atoms with Crippen molar-refractivity contribution in [2.45, 2.75) is 19.6 Å². The van der Waals surface area contributed by atoms with E-state index in [2.05, 4.69) is 34.5 Å². The van der Waals surface area contributed by atoms with Crippen LogP contribution in [0.25, 0.3) is 0 Å². The van der Waals surface area contributed by atoms with Crippen molar-refractivity contribution in [2.75, 3.05) is 32.8 Å². The third kappa shape index (κ3) is 4.83. The van der Waals surface area contributed by atoms with Crippen LogP contribution >= 0.6 is 0 Å². The van der Waals surface area contributed by atoms with E-state index in [1.807, 2.05) is 6.07 Å². The Morgan fingerprint density at radius 2 is 2.25 bits per heavy atom. The zero-order valence-corrected chi connectivity index (χ0v) is 11.9. The molecule has 1 aliphatic heterocycles. The Kier molecular flexibility index (Phi) is 5.83. The summed E-state index contributed by atoms with van der Waals surface area (Å²) in [7, 11) is 0. The zero-order valence-electron chi connectivity index (χ0n) is 11.9. The minimum atomic E-state index is -0.378. The molecule has 1 atom stereocenters. The molecular weight excluding hydrogens is 256 g/mol. The topological polar surface area (TPSA) is 50.8 Å². The van der Waals surface area contributed by atoms with Gasteiger partial charge in [0.1, 0.15) is 0 Å². The SMILES string of the molecule is CCOC(=O)NCC1CN(Cc2ccccc2)CCO1. The molecule has 20 heavy (non-hydrogen) atoms. The summed E-state index contributed by atoms with van der Waals surface area (Å²) in [4.78, 5) is 13.6. The molecule has 0 saturated carbocycles. The summed E-state index contributed by atoms with van der Waals surface area (Å²) in [6.07, 6.45) is -0.354. The second-order valence-corrected chi connectivity index (χ2v) is 4.81. The maximum atomic E-state index is 11.3. The van der Waals surface area contributed by atoms with Crippen LogP contribution in [0.1, 0.15) is 12.5 Å². The first-order valence-corrected chi connectivity index (χ1v) is 7.06. The summed E-state index contributed by atoms with van der Waals surface area (Å²) < 4.78 is 10.5. The largest absolute Gasteiger partial charge is 0.450 e. The van der Waals surface area contributed by atoms with Crippen LogP contribution in [0.3, 0.4) is 0 Å². The van der Waals surface area contributed by atoms with Crippen molar-refractivity contribution < 1.29 is 14.3 Å². The van der Waals surface area contributed by atoms with Gasteiger partial charge in [0, 0.05) is 26.2 Å². The Labute approximate surface area is 119 Å². The number of ether oxygens (including phenoxy) is 2. The van der Waals surface area contributed by atoms with Crippen molar-refractivity contribution in [3.63, 3.8) is 0 Å². The molecule has 5 nitrogen and oxygen atoms in total. The molecule has 5 heteroatoms. The standard InChI is InChI=1S/C15H22N2O3/c1-2-19-15(18)16-10-14-12-17(8-9-20-14)11-13-6-4-3-5-7-13/h3-7,14H,2,8-12H2,1H3,(H,16,18). The van der Waals surface area contributed by atoms with E-state index in [0.717, 1.165) is 19.6 Å². The highest BCUT2D eigenvalue weighted by molar-refractivity contribution is 5.67. The van der Waals surface area contributed by atoms with Crippen molar-refractivity contribution in [3.05, 3.63) is 35.9 Å². The van der Waals surface area contributed by atoms with Crippen molar-refractivity contribution in [3.8, 4) is 0 Å². The number of alkyl carbamates (subject to hydrolysis) is 1. The molecule has 1 heterocycles. The average molecular weight is 278 g/mol. The molecule has 1 saturated heterocycles. The highest BCUT2D eigenvalue weighted by Gasteiger charge is 2.21. The molecular formula is C15H22N2O3. The van der Waals surface area contributed by atoms with Crippen LogP contribution in [0, 0.1) is 0 Å². The number of nitrogens with one attached hydrogen (secondary N) is 1. The predicted molar refractivity (Wildman–Crippen MR) is 76.5 cm³/mol. The first-order chi connectivity index (χ1) is 9.78. The molecule has 0 bridgehead atoms. The van der Waals surface area contributed by atoms with Gasteiger partial charge < -0.3 is 14.8 Å². The molecule has 0 aromatic heterocycles. The Balaban J connectivity index is 1.75. The number of carbonyl (C=O) groups excluding carboxylic acids is 1. The lowest BCUT2D eigenvalue weighted by Gasteiger charge is -2.32. The highest BCUT2D eigenvalue weighted by atomic mass is 16.5. The summed E-state index contributed by atoms with van der Waals surface area (Å²) in [5.74, 6) is 0. The predicted octanol–water partition coefficient (Wildman–Crippen LogP) is 1.63. The third-order valence-corrected chi connectivity index (χ3v) is 3.22. The van der Waals surface area contributed by atoms with Crippen molar-refractivity contribution in [1.29, 1.82) is 0 Å². The highest BCUT2D eigenvalue weighted by Crippen LogP contribution is 2.10. The summed E-state index contributed by atoms with van der Waals surface area (Å²) >= 11 is 0. The molecule has 1 fully saturated rings. The minimum Gasteiger partial charge on any atom is -0.450 e. The molecule has 1 unspecified atom stereocenters. The minimum absolute atomic E-state index is 0.0249. The number of morpholine rings is 1. The second-order valence-electron chi connectivity index (χ2n) is 4.81. The van der Waals surface area contributed by atoms with E-state index < -0.39 is 0 Å². The Morgan fingerprint density at radius 1 is 1.45 bits per heavy atom. The van der Waals surface area contributed by atoms with Gasteiger partial charge in [-0.05, 0) is 12.5 Å². The van der Waals surface area contributed by atoms with E-state index in [1.54, 1.807) is 6.92 Å². The third-order valence-electron chi connectivity index (χ3n) is 3.22. The average Bonchev–Trinajstić information content (AvgIpc) is 2.47. The summed E-state index contributed by atoms with van der Waals surface area (Å²) in [5, 5.41) is 2.72. The first kappa shape index (κ1) is 14.8. The first-order valence-electron chi connectivity index (χ1n) is 7.06. The number of amides is 1. The summed E-state index contributed by atoms with van der Waals surface area (Å²) in [6.45, 7) is 6.02. The fourth-order valence-corrected chi connectivity index (χ4v) is 2.27. The zero-order chi connectivity index (χ0) is 14.2. The lowest BCUT2D eigenvalue weighted by molar-refractivity contribution is -0.0297. The molecule has 0 spiro atoms. The molecule has 1 N–H and O–H groups in total. The van der Waals surface area contributed by atoms with Gasteiger partial charge in [0.25, 0.3) is 0 Å². The number of benzene rings is 1. The number of nitrogens with zero attached hydrogens (tertiary/aromatic N) is 1.